The molecule has 2 aromatic carbocycles. The first-order valence-corrected chi connectivity index (χ1v) is 7.41. The minimum absolute atomic E-state index is 0.724. The maximum Gasteiger partial charge on any atom is 0.172 e. The molecule has 0 unspecified atom stereocenters. The average molecular weight is 292 g/mol. The fourth-order valence-corrected chi connectivity index (χ4v) is 2.71. The lowest BCUT2D eigenvalue weighted by Crippen LogP contribution is -2.00. The monoisotopic (exact) mass is 292 g/mol. The van der Waals surface area contributed by atoms with E-state index in [4.69, 9.17) is 0 Å². The fourth-order valence-electron chi connectivity index (χ4n) is 2.71. The Kier molecular flexibility index (Phi) is 3.92. The summed E-state index contributed by atoms with van der Waals surface area (Å²) in [6.07, 6.45) is 1.94. The molecule has 0 amide bonds. The molecule has 4 nitrogen and oxygen atoms in total. The van der Waals surface area contributed by atoms with E-state index in [0.29, 0.717) is 0 Å². The molecule has 112 valence electrons. The molecule has 0 atom stereocenters. The predicted molar refractivity (Wildman–Crippen MR) is 89.5 cm³/mol. The van der Waals surface area contributed by atoms with Crippen LogP contribution in [0.2, 0.25) is 0 Å². The van der Waals surface area contributed by atoms with E-state index in [1.807, 2.05) is 29.1 Å². The van der Waals surface area contributed by atoms with Crippen LogP contribution in [-0.2, 0) is 6.54 Å². The molecule has 0 saturated carbocycles. The van der Waals surface area contributed by atoms with Crippen molar-refractivity contribution in [1.82, 2.24) is 15.0 Å². The predicted octanol–water partition coefficient (Wildman–Crippen LogP) is 4.00. The summed E-state index contributed by atoms with van der Waals surface area (Å²) in [7, 11) is 0. The Morgan fingerprint density at radius 2 is 1.68 bits per heavy atom. The van der Waals surface area contributed by atoms with Gasteiger partial charge in [-0.2, -0.15) is 0 Å². The number of aryl methyl sites for hydroxylation is 3. The fraction of sp³-hybridized carbons (Fsp3) is 0.222. The van der Waals surface area contributed by atoms with Crippen molar-refractivity contribution < 1.29 is 0 Å². The van der Waals surface area contributed by atoms with Crippen molar-refractivity contribution in [2.45, 2.75) is 27.3 Å². The lowest BCUT2D eigenvalue weighted by atomic mass is 10.1. The highest BCUT2D eigenvalue weighted by Gasteiger charge is 2.07. The topological polar surface area (TPSA) is 42.7 Å². The third kappa shape index (κ3) is 3.17. The van der Waals surface area contributed by atoms with E-state index >= 15 is 0 Å². The van der Waals surface area contributed by atoms with Crippen LogP contribution in [0.1, 0.15) is 22.3 Å². The maximum absolute atomic E-state index is 4.21. The first kappa shape index (κ1) is 14.3. The number of benzene rings is 2. The van der Waals surface area contributed by atoms with Gasteiger partial charge in [0.25, 0.3) is 0 Å². The van der Waals surface area contributed by atoms with E-state index in [0.717, 1.165) is 18.1 Å². The van der Waals surface area contributed by atoms with Gasteiger partial charge in [0.15, 0.2) is 5.82 Å². The van der Waals surface area contributed by atoms with Gasteiger partial charge in [-0.1, -0.05) is 53.2 Å². The number of hydrogen-bond donors (Lipinski definition) is 1. The van der Waals surface area contributed by atoms with E-state index in [1.54, 1.807) is 0 Å². The molecule has 0 aliphatic heterocycles. The van der Waals surface area contributed by atoms with Gasteiger partial charge in [0, 0.05) is 5.69 Å². The van der Waals surface area contributed by atoms with Crippen LogP contribution in [0.15, 0.2) is 48.7 Å². The molecular weight excluding hydrogens is 272 g/mol. The summed E-state index contributed by atoms with van der Waals surface area (Å²) in [6.45, 7) is 7.05. The first-order chi connectivity index (χ1) is 10.6. The number of nitrogens with one attached hydrogen (secondary N) is 1. The first-order valence-electron chi connectivity index (χ1n) is 7.41. The molecule has 4 heteroatoms. The summed E-state index contributed by atoms with van der Waals surface area (Å²) >= 11 is 0. The van der Waals surface area contributed by atoms with Crippen LogP contribution in [0.25, 0.3) is 0 Å². The van der Waals surface area contributed by atoms with Gasteiger partial charge in [0.2, 0.25) is 0 Å². The molecule has 0 spiro atoms. The molecule has 3 rings (SSSR count). The van der Waals surface area contributed by atoms with Crippen LogP contribution < -0.4 is 5.32 Å². The Morgan fingerprint density at radius 3 is 2.36 bits per heavy atom. The van der Waals surface area contributed by atoms with Gasteiger partial charge in [-0.25, -0.2) is 4.68 Å². The molecule has 0 aliphatic rings. The van der Waals surface area contributed by atoms with Crippen LogP contribution in [0.5, 0.6) is 0 Å². The van der Waals surface area contributed by atoms with Crippen LogP contribution in [0.3, 0.4) is 0 Å². The molecule has 3 aromatic rings. The van der Waals surface area contributed by atoms with Crippen LogP contribution in [-0.4, -0.2) is 15.0 Å². The van der Waals surface area contributed by atoms with Crippen molar-refractivity contribution in [2.75, 3.05) is 5.32 Å². The van der Waals surface area contributed by atoms with Gasteiger partial charge < -0.3 is 5.32 Å². The number of aromatic nitrogens is 3. The quantitative estimate of drug-likeness (QED) is 0.790. The normalized spacial score (nSPS) is 10.7. The van der Waals surface area contributed by atoms with Crippen LogP contribution in [0.4, 0.5) is 11.5 Å². The molecule has 1 aromatic heterocycles. The molecule has 0 fully saturated rings. The van der Waals surface area contributed by atoms with Crippen molar-refractivity contribution in [1.29, 1.82) is 0 Å². The second-order valence-electron chi connectivity index (χ2n) is 5.69. The van der Waals surface area contributed by atoms with E-state index < -0.39 is 0 Å². The minimum Gasteiger partial charge on any atom is -0.337 e. The van der Waals surface area contributed by atoms with Crippen molar-refractivity contribution in [2.24, 2.45) is 0 Å². The number of anilines is 2. The SMILES string of the molecule is Cc1cc(C)c(Nc2cn(Cc3ccccc3)nn2)c(C)c1. The number of rotatable bonds is 4. The summed E-state index contributed by atoms with van der Waals surface area (Å²) in [6, 6.07) is 14.6. The van der Waals surface area contributed by atoms with Gasteiger partial charge >= 0.3 is 0 Å². The zero-order valence-corrected chi connectivity index (χ0v) is 13.2. The number of hydrogen-bond acceptors (Lipinski definition) is 3. The van der Waals surface area contributed by atoms with Crippen LogP contribution >= 0.6 is 0 Å². The molecule has 0 bridgehead atoms. The minimum atomic E-state index is 0.724. The molecule has 0 saturated heterocycles. The smallest absolute Gasteiger partial charge is 0.172 e. The Labute approximate surface area is 130 Å². The summed E-state index contributed by atoms with van der Waals surface area (Å²) in [5.74, 6) is 0.769. The zero-order valence-electron chi connectivity index (χ0n) is 13.2. The summed E-state index contributed by atoms with van der Waals surface area (Å²) < 4.78 is 1.84. The Balaban J connectivity index is 1.78. The van der Waals surface area contributed by atoms with Crippen molar-refractivity contribution in [3.05, 3.63) is 70.9 Å². The van der Waals surface area contributed by atoms with Gasteiger partial charge in [0.05, 0.1) is 12.7 Å². The lowest BCUT2D eigenvalue weighted by Gasteiger charge is -2.11. The van der Waals surface area contributed by atoms with E-state index in [-0.39, 0.29) is 0 Å². The highest BCUT2D eigenvalue weighted by atomic mass is 15.4. The molecule has 1 N–H and O–H groups in total. The van der Waals surface area contributed by atoms with Gasteiger partial charge in [-0.15, -0.1) is 5.10 Å². The van der Waals surface area contributed by atoms with Crippen molar-refractivity contribution in [3.8, 4) is 0 Å². The summed E-state index contributed by atoms with van der Waals surface area (Å²) in [5, 5.41) is 11.8. The Hall–Kier alpha value is -2.62. The molecule has 1 heterocycles. The highest BCUT2D eigenvalue weighted by Crippen LogP contribution is 2.24. The lowest BCUT2D eigenvalue weighted by molar-refractivity contribution is 0.650. The standard InChI is InChI=1S/C18H20N4/c1-13-9-14(2)18(15(3)10-13)19-17-12-22(21-20-17)11-16-7-5-4-6-8-16/h4-10,12,19H,11H2,1-3H3. The summed E-state index contributed by atoms with van der Waals surface area (Å²) in [4.78, 5) is 0. The van der Waals surface area contributed by atoms with Crippen molar-refractivity contribution in [3.63, 3.8) is 0 Å². The molecule has 22 heavy (non-hydrogen) atoms. The second-order valence-corrected chi connectivity index (χ2v) is 5.69. The van der Waals surface area contributed by atoms with E-state index in [9.17, 15) is 0 Å². The molecular formula is C18H20N4. The molecule has 0 radical (unpaired) electrons. The second kappa shape index (κ2) is 6.02. The largest absolute Gasteiger partial charge is 0.337 e. The third-order valence-electron chi connectivity index (χ3n) is 3.66. The molecule has 0 aliphatic carbocycles. The highest BCUT2D eigenvalue weighted by molar-refractivity contribution is 5.64. The van der Waals surface area contributed by atoms with Gasteiger partial charge in [-0.3, -0.25) is 0 Å². The van der Waals surface area contributed by atoms with Gasteiger partial charge in [0.1, 0.15) is 0 Å². The number of nitrogens with zero attached hydrogens (tertiary/aromatic N) is 3. The van der Waals surface area contributed by atoms with E-state index in [1.165, 1.54) is 22.3 Å². The van der Waals surface area contributed by atoms with E-state index in [2.05, 4.69) is 60.7 Å². The Morgan fingerprint density at radius 1 is 1.00 bits per heavy atom. The van der Waals surface area contributed by atoms with Gasteiger partial charge in [-0.05, 0) is 37.5 Å². The van der Waals surface area contributed by atoms with Crippen LogP contribution in [0, 0.1) is 20.8 Å². The Bertz CT molecular complexity index is 752. The van der Waals surface area contributed by atoms with Crippen molar-refractivity contribution >= 4 is 11.5 Å². The maximum atomic E-state index is 4.21. The summed E-state index contributed by atoms with van der Waals surface area (Å²) in [5.41, 5.74) is 6.03. The third-order valence-corrected chi connectivity index (χ3v) is 3.66. The average Bonchev–Trinajstić information content (AvgIpc) is 2.91. The zero-order chi connectivity index (χ0) is 15.5.